The van der Waals surface area contributed by atoms with Crippen molar-refractivity contribution in [1.82, 2.24) is 5.32 Å². The molecule has 2 heterocycles. The maximum Gasteiger partial charge on any atom is 0.348 e. The van der Waals surface area contributed by atoms with E-state index >= 15 is 0 Å². The topological polar surface area (TPSA) is 83.1 Å². The average molecular weight is 454 g/mol. The van der Waals surface area contributed by atoms with E-state index < -0.39 is 5.97 Å². The first kappa shape index (κ1) is 21.7. The van der Waals surface area contributed by atoms with Gasteiger partial charge in [-0.3, -0.25) is 4.79 Å². The molecule has 1 amide bonds. The third-order valence-corrected chi connectivity index (χ3v) is 6.23. The molecule has 0 atom stereocenters. The van der Waals surface area contributed by atoms with E-state index in [-0.39, 0.29) is 12.5 Å². The first-order chi connectivity index (χ1) is 15.6. The molecular formula is C24H23NO6S. The fraction of sp³-hybridized carbons (Fsp3) is 0.250. The van der Waals surface area contributed by atoms with Gasteiger partial charge in [-0.1, -0.05) is 18.2 Å². The third kappa shape index (κ3) is 4.70. The number of fused-ring (bicyclic) bond motifs is 3. The van der Waals surface area contributed by atoms with E-state index in [0.29, 0.717) is 35.9 Å². The summed E-state index contributed by atoms with van der Waals surface area (Å²) in [7, 11) is 3.16. The van der Waals surface area contributed by atoms with E-state index in [4.69, 9.17) is 18.9 Å². The molecule has 1 N–H and O–H groups in total. The van der Waals surface area contributed by atoms with Gasteiger partial charge in [-0.05, 0) is 42.3 Å². The molecule has 0 spiro atoms. The molecule has 32 heavy (non-hydrogen) atoms. The van der Waals surface area contributed by atoms with E-state index in [2.05, 4.69) is 5.32 Å². The molecule has 1 aliphatic rings. The van der Waals surface area contributed by atoms with Crippen molar-refractivity contribution in [2.45, 2.75) is 13.0 Å². The zero-order valence-electron chi connectivity index (χ0n) is 17.8. The highest BCUT2D eigenvalue weighted by molar-refractivity contribution is 7.17. The fourth-order valence-corrected chi connectivity index (χ4v) is 4.53. The second-order valence-corrected chi connectivity index (χ2v) is 8.17. The summed E-state index contributed by atoms with van der Waals surface area (Å²) in [4.78, 5) is 26.0. The van der Waals surface area contributed by atoms with Gasteiger partial charge in [0.1, 0.15) is 17.2 Å². The van der Waals surface area contributed by atoms with Gasteiger partial charge < -0.3 is 24.3 Å². The Morgan fingerprint density at radius 3 is 2.69 bits per heavy atom. The summed E-state index contributed by atoms with van der Waals surface area (Å²) in [6, 6.07) is 15.1. The van der Waals surface area contributed by atoms with E-state index in [1.807, 2.05) is 42.5 Å². The molecule has 166 valence electrons. The Morgan fingerprint density at radius 2 is 1.88 bits per heavy atom. The number of carbonyl (C=O) groups excluding carboxylic acids is 2. The molecule has 4 rings (SSSR count). The summed E-state index contributed by atoms with van der Waals surface area (Å²) >= 11 is 1.35. The van der Waals surface area contributed by atoms with Crippen LogP contribution in [0.3, 0.4) is 0 Å². The van der Waals surface area contributed by atoms with E-state index in [9.17, 15) is 9.59 Å². The van der Waals surface area contributed by atoms with Gasteiger partial charge in [0.15, 0.2) is 18.1 Å². The average Bonchev–Trinajstić information content (AvgIpc) is 3.27. The molecule has 8 heteroatoms. The molecule has 0 saturated heterocycles. The zero-order valence-corrected chi connectivity index (χ0v) is 18.6. The van der Waals surface area contributed by atoms with Gasteiger partial charge in [0.05, 0.1) is 14.2 Å². The highest BCUT2D eigenvalue weighted by Gasteiger charge is 2.23. The molecule has 0 aliphatic carbocycles. The lowest BCUT2D eigenvalue weighted by molar-refractivity contribution is -0.124. The first-order valence-corrected chi connectivity index (χ1v) is 10.9. The number of thiophene rings is 1. The van der Waals surface area contributed by atoms with Gasteiger partial charge in [0, 0.05) is 22.5 Å². The minimum atomic E-state index is -0.517. The van der Waals surface area contributed by atoms with Gasteiger partial charge in [-0.25, -0.2) is 4.79 Å². The van der Waals surface area contributed by atoms with E-state index in [1.165, 1.54) is 11.3 Å². The number of carbonyl (C=O) groups is 2. The van der Waals surface area contributed by atoms with Crippen molar-refractivity contribution in [2.24, 2.45) is 0 Å². The standard InChI is InChI=1S/C24H23NO6S/c1-28-19-8-7-15(11-20(19)29-2)9-10-25-22(26)14-31-24(27)21-12-16-13-30-18-6-4-3-5-17(18)23(16)32-21/h3-8,11-12H,9-10,13-14H2,1-2H3,(H,25,26). The maximum atomic E-state index is 12.4. The lowest BCUT2D eigenvalue weighted by atomic mass is 10.1. The summed E-state index contributed by atoms with van der Waals surface area (Å²) < 4.78 is 21.4. The fourth-order valence-electron chi connectivity index (χ4n) is 3.44. The van der Waals surface area contributed by atoms with Crippen LogP contribution in [0.4, 0.5) is 0 Å². The number of ether oxygens (including phenoxy) is 4. The molecular weight excluding hydrogens is 430 g/mol. The molecule has 0 fully saturated rings. The Labute approximate surface area is 189 Å². The lowest BCUT2D eigenvalue weighted by Crippen LogP contribution is -2.30. The van der Waals surface area contributed by atoms with Crippen LogP contribution in [0.25, 0.3) is 10.4 Å². The molecule has 2 aromatic carbocycles. The van der Waals surface area contributed by atoms with Crippen molar-refractivity contribution in [3.63, 3.8) is 0 Å². The molecule has 0 unspecified atom stereocenters. The molecule has 3 aromatic rings. The summed E-state index contributed by atoms with van der Waals surface area (Å²) in [5.74, 6) is 1.22. The van der Waals surface area contributed by atoms with Gasteiger partial charge >= 0.3 is 5.97 Å². The zero-order chi connectivity index (χ0) is 22.5. The normalized spacial score (nSPS) is 11.6. The third-order valence-electron chi connectivity index (χ3n) is 5.04. The highest BCUT2D eigenvalue weighted by atomic mass is 32.1. The first-order valence-electron chi connectivity index (χ1n) is 10.1. The predicted octanol–water partition coefficient (Wildman–Crippen LogP) is 3.84. The number of methoxy groups -OCH3 is 2. The lowest BCUT2D eigenvalue weighted by Gasteiger charge is -2.16. The van der Waals surface area contributed by atoms with Crippen LogP contribution in [0.2, 0.25) is 0 Å². The number of amides is 1. The van der Waals surface area contributed by atoms with Crippen molar-refractivity contribution >= 4 is 23.2 Å². The van der Waals surface area contributed by atoms with Crippen molar-refractivity contribution in [1.29, 1.82) is 0 Å². The molecule has 1 aliphatic heterocycles. The number of rotatable bonds is 8. The molecule has 1 aromatic heterocycles. The summed E-state index contributed by atoms with van der Waals surface area (Å²) in [6.45, 7) is 0.487. The van der Waals surface area contributed by atoms with Gasteiger partial charge in [0.25, 0.3) is 5.91 Å². The molecule has 7 nitrogen and oxygen atoms in total. The predicted molar refractivity (Wildman–Crippen MR) is 121 cm³/mol. The number of benzene rings is 2. The van der Waals surface area contributed by atoms with Crippen LogP contribution < -0.4 is 19.5 Å². The van der Waals surface area contributed by atoms with Crippen molar-refractivity contribution in [3.8, 4) is 27.7 Å². The summed E-state index contributed by atoms with van der Waals surface area (Å²) in [5, 5.41) is 2.76. The summed E-state index contributed by atoms with van der Waals surface area (Å²) in [5.41, 5.74) is 2.90. The minimum Gasteiger partial charge on any atom is -0.493 e. The number of nitrogens with one attached hydrogen (secondary N) is 1. The van der Waals surface area contributed by atoms with Gasteiger partial charge in [-0.2, -0.15) is 0 Å². The number of hydrogen-bond donors (Lipinski definition) is 1. The van der Waals surface area contributed by atoms with E-state index in [0.717, 1.165) is 27.3 Å². The Morgan fingerprint density at radius 1 is 1.06 bits per heavy atom. The number of esters is 1. The second kappa shape index (κ2) is 9.74. The van der Waals surface area contributed by atoms with Gasteiger partial charge in [0.2, 0.25) is 0 Å². The number of para-hydroxylation sites is 1. The maximum absolute atomic E-state index is 12.4. The van der Waals surface area contributed by atoms with Crippen molar-refractivity contribution in [3.05, 3.63) is 64.5 Å². The van der Waals surface area contributed by atoms with Crippen LogP contribution in [0.1, 0.15) is 20.8 Å². The summed E-state index contributed by atoms with van der Waals surface area (Å²) in [6.07, 6.45) is 0.608. The van der Waals surface area contributed by atoms with Gasteiger partial charge in [-0.15, -0.1) is 11.3 Å². The quantitative estimate of drug-likeness (QED) is 0.522. The van der Waals surface area contributed by atoms with Crippen molar-refractivity contribution in [2.75, 3.05) is 27.4 Å². The monoisotopic (exact) mass is 453 g/mol. The SMILES string of the molecule is COc1ccc(CCNC(=O)COC(=O)c2cc3c(s2)-c2ccccc2OC3)cc1OC. The Kier molecular flexibility index (Phi) is 6.61. The second-order valence-electron chi connectivity index (χ2n) is 7.12. The van der Waals surface area contributed by atoms with Crippen LogP contribution in [0, 0.1) is 0 Å². The molecule has 0 saturated carbocycles. The Balaban J connectivity index is 1.27. The van der Waals surface area contributed by atoms with Crippen LogP contribution in [0.15, 0.2) is 48.5 Å². The largest absolute Gasteiger partial charge is 0.493 e. The van der Waals surface area contributed by atoms with Crippen LogP contribution in [0.5, 0.6) is 17.2 Å². The number of hydrogen-bond acceptors (Lipinski definition) is 7. The Bertz CT molecular complexity index is 1140. The minimum absolute atomic E-state index is 0.333. The highest BCUT2D eigenvalue weighted by Crippen LogP contribution is 2.42. The van der Waals surface area contributed by atoms with Crippen LogP contribution >= 0.6 is 11.3 Å². The molecule has 0 bridgehead atoms. The smallest absolute Gasteiger partial charge is 0.348 e. The van der Waals surface area contributed by atoms with Crippen LogP contribution in [-0.4, -0.2) is 39.2 Å². The van der Waals surface area contributed by atoms with E-state index in [1.54, 1.807) is 20.3 Å². The molecule has 0 radical (unpaired) electrons. The van der Waals surface area contributed by atoms with Crippen molar-refractivity contribution < 1.29 is 28.5 Å². The van der Waals surface area contributed by atoms with Crippen LogP contribution in [-0.2, 0) is 22.6 Å². The Hall–Kier alpha value is -3.52.